The van der Waals surface area contributed by atoms with Crippen LogP contribution in [-0.4, -0.2) is 49.1 Å². The third-order valence-corrected chi connectivity index (χ3v) is 5.24. The van der Waals surface area contributed by atoms with Gasteiger partial charge in [0.25, 0.3) is 0 Å². The number of likely N-dealkylation sites (tertiary alicyclic amines) is 1. The van der Waals surface area contributed by atoms with Crippen LogP contribution in [0.4, 0.5) is 4.79 Å². The second kappa shape index (κ2) is 6.55. The van der Waals surface area contributed by atoms with Crippen molar-refractivity contribution >= 4 is 27.9 Å². The minimum absolute atomic E-state index is 0.0751. The van der Waals surface area contributed by atoms with E-state index in [1.807, 2.05) is 45.0 Å². The highest BCUT2D eigenvalue weighted by molar-refractivity contribution is 7.84. The molecule has 2 atom stereocenters. The topological polar surface area (TPSA) is 75.3 Å². The maximum Gasteiger partial charge on any atom is 0.410 e. The Hall–Kier alpha value is -1.89. The molecule has 130 valence electrons. The number of para-hydroxylation sites is 2. The van der Waals surface area contributed by atoms with Gasteiger partial charge in [0, 0.05) is 12.6 Å². The smallest absolute Gasteiger partial charge is 0.410 e. The van der Waals surface area contributed by atoms with Crippen molar-refractivity contribution in [2.45, 2.75) is 50.4 Å². The van der Waals surface area contributed by atoms with Gasteiger partial charge in [0.15, 0.2) is 5.16 Å². The SMILES string of the molecule is CC(C)(C)OC(=O)N1CCCC1CS(=O)c1nc2ccccc2[nH]1. The van der Waals surface area contributed by atoms with E-state index in [0.717, 1.165) is 23.9 Å². The number of rotatable bonds is 3. The number of carbonyl (C=O) groups excluding carboxylic acids is 1. The molecule has 24 heavy (non-hydrogen) atoms. The molecule has 1 N–H and O–H groups in total. The molecule has 2 heterocycles. The van der Waals surface area contributed by atoms with Crippen LogP contribution in [0, 0.1) is 0 Å². The highest BCUT2D eigenvalue weighted by Crippen LogP contribution is 2.23. The van der Waals surface area contributed by atoms with E-state index in [1.54, 1.807) is 4.90 Å². The molecule has 1 saturated heterocycles. The van der Waals surface area contributed by atoms with Crippen molar-refractivity contribution in [2.75, 3.05) is 12.3 Å². The molecule has 0 spiro atoms. The second-order valence-electron chi connectivity index (χ2n) is 7.04. The Morgan fingerprint density at radius 2 is 2.17 bits per heavy atom. The first-order chi connectivity index (χ1) is 11.3. The zero-order valence-electron chi connectivity index (χ0n) is 14.2. The van der Waals surface area contributed by atoms with Crippen LogP contribution in [0.2, 0.25) is 0 Å². The summed E-state index contributed by atoms with van der Waals surface area (Å²) in [7, 11) is -1.28. The van der Waals surface area contributed by atoms with Crippen molar-refractivity contribution in [3.8, 4) is 0 Å². The third kappa shape index (κ3) is 3.77. The highest BCUT2D eigenvalue weighted by atomic mass is 32.2. The Labute approximate surface area is 144 Å². The van der Waals surface area contributed by atoms with E-state index < -0.39 is 16.4 Å². The normalized spacial score (nSPS) is 19.6. The quantitative estimate of drug-likeness (QED) is 0.924. The third-order valence-electron chi connectivity index (χ3n) is 3.93. The molecule has 1 amide bonds. The summed E-state index contributed by atoms with van der Waals surface area (Å²) in [5, 5.41) is 0.465. The first kappa shape index (κ1) is 17.0. The van der Waals surface area contributed by atoms with E-state index >= 15 is 0 Å². The van der Waals surface area contributed by atoms with Crippen LogP contribution in [-0.2, 0) is 15.5 Å². The Morgan fingerprint density at radius 3 is 2.88 bits per heavy atom. The van der Waals surface area contributed by atoms with E-state index in [9.17, 15) is 9.00 Å². The number of fused-ring (bicyclic) bond motifs is 1. The van der Waals surface area contributed by atoms with Gasteiger partial charge in [-0.15, -0.1) is 0 Å². The molecule has 1 fully saturated rings. The average Bonchev–Trinajstić information content (AvgIpc) is 3.11. The number of H-pyrrole nitrogens is 1. The number of nitrogens with one attached hydrogen (secondary N) is 1. The lowest BCUT2D eigenvalue weighted by Crippen LogP contribution is -2.42. The number of benzene rings is 1. The minimum atomic E-state index is -1.28. The molecule has 2 aromatic rings. The Bertz CT molecular complexity index is 733. The van der Waals surface area contributed by atoms with Gasteiger partial charge in [-0.2, -0.15) is 0 Å². The van der Waals surface area contributed by atoms with Gasteiger partial charge in [-0.3, -0.25) is 4.21 Å². The molecule has 1 aromatic heterocycles. The molecule has 0 saturated carbocycles. The Kier molecular flexibility index (Phi) is 4.62. The molecule has 1 aliphatic heterocycles. The number of ether oxygens (including phenoxy) is 1. The van der Waals surface area contributed by atoms with Crippen molar-refractivity contribution in [3.05, 3.63) is 24.3 Å². The molecular weight excluding hydrogens is 326 g/mol. The summed E-state index contributed by atoms with van der Waals surface area (Å²) < 4.78 is 18.1. The molecule has 6 nitrogen and oxygen atoms in total. The number of imidazole rings is 1. The molecule has 7 heteroatoms. The predicted octanol–water partition coefficient (Wildman–Crippen LogP) is 3.07. The van der Waals surface area contributed by atoms with E-state index in [0.29, 0.717) is 17.5 Å². The van der Waals surface area contributed by atoms with E-state index in [1.165, 1.54) is 0 Å². The van der Waals surface area contributed by atoms with E-state index in [4.69, 9.17) is 4.74 Å². The maximum absolute atomic E-state index is 12.7. The van der Waals surface area contributed by atoms with Crippen LogP contribution in [0.5, 0.6) is 0 Å². The van der Waals surface area contributed by atoms with Gasteiger partial charge < -0.3 is 14.6 Å². The number of nitrogens with zero attached hydrogens (tertiary/aromatic N) is 2. The minimum Gasteiger partial charge on any atom is -0.444 e. The summed E-state index contributed by atoms with van der Waals surface area (Å²) in [6, 6.07) is 7.53. The zero-order valence-corrected chi connectivity index (χ0v) is 15.1. The van der Waals surface area contributed by atoms with Crippen molar-refractivity contribution in [2.24, 2.45) is 0 Å². The zero-order chi connectivity index (χ0) is 17.3. The van der Waals surface area contributed by atoms with Gasteiger partial charge in [0.2, 0.25) is 0 Å². The molecule has 0 aliphatic carbocycles. The highest BCUT2D eigenvalue weighted by Gasteiger charge is 2.33. The molecular formula is C17H23N3O3S. The van der Waals surface area contributed by atoms with Gasteiger partial charge in [-0.25, -0.2) is 9.78 Å². The Morgan fingerprint density at radius 1 is 1.42 bits per heavy atom. The first-order valence-electron chi connectivity index (χ1n) is 8.16. The lowest BCUT2D eigenvalue weighted by molar-refractivity contribution is 0.0241. The molecule has 1 aromatic carbocycles. The fourth-order valence-electron chi connectivity index (χ4n) is 2.86. The fourth-order valence-corrected chi connectivity index (χ4v) is 4.14. The van der Waals surface area contributed by atoms with Gasteiger partial charge in [0.05, 0.1) is 27.6 Å². The molecule has 0 radical (unpaired) electrons. The van der Waals surface area contributed by atoms with E-state index in [-0.39, 0.29) is 12.1 Å². The van der Waals surface area contributed by atoms with Gasteiger partial charge in [-0.05, 0) is 45.7 Å². The number of aromatic amines is 1. The predicted molar refractivity (Wildman–Crippen MR) is 93.3 cm³/mol. The fraction of sp³-hybridized carbons (Fsp3) is 0.529. The largest absolute Gasteiger partial charge is 0.444 e. The van der Waals surface area contributed by atoms with Gasteiger partial charge >= 0.3 is 6.09 Å². The molecule has 2 unspecified atom stereocenters. The number of hydrogen-bond donors (Lipinski definition) is 1. The van der Waals surface area contributed by atoms with Crippen molar-refractivity contribution in [1.29, 1.82) is 0 Å². The molecule has 3 rings (SSSR count). The average molecular weight is 349 g/mol. The van der Waals surface area contributed by atoms with Gasteiger partial charge in [0.1, 0.15) is 5.60 Å². The molecule has 0 bridgehead atoms. The van der Waals surface area contributed by atoms with Crippen molar-refractivity contribution < 1.29 is 13.7 Å². The van der Waals surface area contributed by atoms with Gasteiger partial charge in [-0.1, -0.05) is 12.1 Å². The van der Waals surface area contributed by atoms with Crippen LogP contribution in [0.3, 0.4) is 0 Å². The second-order valence-corrected chi connectivity index (χ2v) is 8.45. The number of aromatic nitrogens is 2. The van der Waals surface area contributed by atoms with Crippen molar-refractivity contribution in [1.82, 2.24) is 14.9 Å². The van der Waals surface area contributed by atoms with Crippen LogP contribution in [0.15, 0.2) is 29.4 Å². The first-order valence-corrected chi connectivity index (χ1v) is 9.48. The lowest BCUT2D eigenvalue weighted by atomic mass is 10.2. The van der Waals surface area contributed by atoms with Crippen molar-refractivity contribution in [3.63, 3.8) is 0 Å². The molecule has 1 aliphatic rings. The summed E-state index contributed by atoms with van der Waals surface area (Å²) in [5.41, 5.74) is 1.15. The Balaban J connectivity index is 1.69. The number of hydrogen-bond acceptors (Lipinski definition) is 4. The van der Waals surface area contributed by atoms with E-state index in [2.05, 4.69) is 9.97 Å². The maximum atomic E-state index is 12.7. The van der Waals surface area contributed by atoms with Crippen LogP contribution < -0.4 is 0 Å². The van der Waals surface area contributed by atoms with Crippen LogP contribution in [0.25, 0.3) is 11.0 Å². The summed E-state index contributed by atoms with van der Waals surface area (Å²) >= 11 is 0. The monoisotopic (exact) mass is 349 g/mol. The van der Waals surface area contributed by atoms with Crippen LogP contribution in [0.1, 0.15) is 33.6 Å². The summed E-state index contributed by atoms with van der Waals surface area (Å²) in [6.45, 7) is 6.20. The number of carbonyl (C=O) groups is 1. The lowest BCUT2D eigenvalue weighted by Gasteiger charge is -2.28. The summed E-state index contributed by atoms with van der Waals surface area (Å²) in [4.78, 5) is 21.5. The summed E-state index contributed by atoms with van der Waals surface area (Å²) in [5.74, 6) is 0.374. The van der Waals surface area contributed by atoms with Crippen LogP contribution >= 0.6 is 0 Å². The standard InChI is InChI=1S/C17H23N3O3S/c1-17(2,3)23-16(21)20-10-6-7-12(20)11-24(22)15-18-13-8-4-5-9-14(13)19-15/h4-5,8-9,12H,6-7,10-11H2,1-3H3,(H,18,19). The summed E-state index contributed by atoms with van der Waals surface area (Å²) in [6.07, 6.45) is 1.42. The number of amides is 1.